The van der Waals surface area contributed by atoms with Crippen molar-refractivity contribution in [2.24, 2.45) is 5.73 Å². The number of ether oxygens (including phenoxy) is 1. The Morgan fingerprint density at radius 1 is 1.38 bits per heavy atom. The summed E-state index contributed by atoms with van der Waals surface area (Å²) in [6.07, 6.45) is 4.49. The average Bonchev–Trinajstić information content (AvgIpc) is 2.30. The summed E-state index contributed by atoms with van der Waals surface area (Å²) in [7, 11) is 0. The zero-order valence-electron chi connectivity index (χ0n) is 8.89. The van der Waals surface area contributed by atoms with Gasteiger partial charge in [-0.1, -0.05) is 0 Å². The van der Waals surface area contributed by atoms with Gasteiger partial charge in [0.1, 0.15) is 0 Å². The largest absolute Gasteiger partial charge is 0.389 e. The molecule has 0 unspecified atom stereocenters. The minimum atomic E-state index is -0.661. The van der Waals surface area contributed by atoms with E-state index in [9.17, 15) is 9.59 Å². The molecule has 2 N–H and O–H groups in total. The number of aromatic nitrogens is 1. The lowest BCUT2D eigenvalue weighted by molar-refractivity contribution is -0.138. The highest BCUT2D eigenvalue weighted by Crippen LogP contribution is 2.02. The molecule has 0 fully saturated rings. The molecule has 1 rings (SSSR count). The van der Waals surface area contributed by atoms with Crippen LogP contribution in [-0.4, -0.2) is 23.5 Å². The van der Waals surface area contributed by atoms with Gasteiger partial charge < -0.3 is 10.5 Å². The zero-order valence-corrected chi connectivity index (χ0v) is 8.89. The molecule has 1 heterocycles. The maximum absolute atomic E-state index is 11.4. The summed E-state index contributed by atoms with van der Waals surface area (Å²) in [6.45, 7) is 0.532. The summed E-state index contributed by atoms with van der Waals surface area (Å²) in [5, 5.41) is 0. The summed E-state index contributed by atoms with van der Waals surface area (Å²) >= 11 is 0. The first kappa shape index (κ1) is 12.3. The first-order chi connectivity index (χ1) is 7.74. The molecule has 0 bridgehead atoms. The lowest BCUT2D eigenvalue weighted by Gasteiger charge is -2.01. The van der Waals surface area contributed by atoms with E-state index < -0.39 is 11.9 Å². The standard InChI is InChI=1S/C11H14N2O3/c12-6-2-1-5-10(14)16-11(15)9-4-3-7-13-8-9/h3-4,7-8H,1-2,5-6,12H2. The fraction of sp³-hybridized carbons (Fsp3) is 0.364. The van der Waals surface area contributed by atoms with Crippen molar-refractivity contribution in [3.63, 3.8) is 0 Å². The maximum Gasteiger partial charge on any atom is 0.347 e. The van der Waals surface area contributed by atoms with E-state index in [1.54, 1.807) is 18.3 Å². The molecule has 5 nitrogen and oxygen atoms in total. The van der Waals surface area contributed by atoms with Gasteiger partial charge in [-0.3, -0.25) is 9.78 Å². The van der Waals surface area contributed by atoms with Crippen LogP contribution in [0.1, 0.15) is 29.6 Å². The van der Waals surface area contributed by atoms with Gasteiger partial charge in [0.2, 0.25) is 0 Å². The second-order valence-corrected chi connectivity index (χ2v) is 3.25. The van der Waals surface area contributed by atoms with Gasteiger partial charge in [-0.25, -0.2) is 4.79 Å². The number of hydrogen-bond donors (Lipinski definition) is 1. The molecule has 0 aliphatic carbocycles. The molecule has 0 aliphatic heterocycles. The summed E-state index contributed by atoms with van der Waals surface area (Å²) in [5.74, 6) is -1.19. The van der Waals surface area contributed by atoms with E-state index in [4.69, 9.17) is 5.73 Å². The number of carbonyl (C=O) groups is 2. The van der Waals surface area contributed by atoms with Crippen molar-refractivity contribution in [2.75, 3.05) is 6.54 Å². The number of carbonyl (C=O) groups excluding carboxylic acids is 2. The predicted molar refractivity (Wildman–Crippen MR) is 57.6 cm³/mol. The van der Waals surface area contributed by atoms with E-state index in [1.165, 1.54) is 6.20 Å². The molecular weight excluding hydrogens is 208 g/mol. The Kier molecular flexibility index (Phi) is 5.15. The molecule has 86 valence electrons. The highest BCUT2D eigenvalue weighted by atomic mass is 16.6. The SMILES string of the molecule is NCCCCC(=O)OC(=O)c1cccnc1. The van der Waals surface area contributed by atoms with E-state index in [1.807, 2.05) is 0 Å². The van der Waals surface area contributed by atoms with Crippen LogP contribution >= 0.6 is 0 Å². The highest BCUT2D eigenvalue weighted by Gasteiger charge is 2.12. The van der Waals surface area contributed by atoms with Crippen LogP contribution < -0.4 is 5.73 Å². The van der Waals surface area contributed by atoms with E-state index in [0.29, 0.717) is 13.0 Å². The normalized spacial score (nSPS) is 9.81. The molecule has 0 amide bonds. The number of nitrogens with two attached hydrogens (primary N) is 1. The third-order valence-electron chi connectivity index (χ3n) is 1.94. The predicted octanol–water partition coefficient (Wildman–Crippen LogP) is 0.894. The fourth-order valence-electron chi connectivity index (χ4n) is 1.11. The number of rotatable bonds is 5. The molecule has 0 aliphatic rings. The summed E-state index contributed by atoms with van der Waals surface area (Å²) in [4.78, 5) is 26.3. The van der Waals surface area contributed by atoms with Crippen molar-refractivity contribution in [3.05, 3.63) is 30.1 Å². The Labute approximate surface area is 93.6 Å². The molecule has 0 atom stereocenters. The number of nitrogens with zero attached hydrogens (tertiary/aromatic N) is 1. The van der Waals surface area contributed by atoms with Gasteiger partial charge >= 0.3 is 11.9 Å². The zero-order chi connectivity index (χ0) is 11.8. The van der Waals surface area contributed by atoms with Crippen LogP contribution in [0, 0.1) is 0 Å². The van der Waals surface area contributed by atoms with Crippen LogP contribution in [0.15, 0.2) is 24.5 Å². The molecule has 0 saturated heterocycles. The minimum absolute atomic E-state index is 0.212. The molecule has 0 aromatic carbocycles. The van der Waals surface area contributed by atoms with Crippen LogP contribution in [0.2, 0.25) is 0 Å². The van der Waals surface area contributed by atoms with E-state index >= 15 is 0 Å². The van der Waals surface area contributed by atoms with Gasteiger partial charge in [0.05, 0.1) is 5.56 Å². The Hall–Kier alpha value is -1.75. The quantitative estimate of drug-likeness (QED) is 0.454. The monoisotopic (exact) mass is 222 g/mol. The second kappa shape index (κ2) is 6.68. The Morgan fingerprint density at radius 3 is 2.81 bits per heavy atom. The van der Waals surface area contributed by atoms with E-state index in [2.05, 4.69) is 9.72 Å². The number of esters is 2. The molecule has 1 aromatic heterocycles. The van der Waals surface area contributed by atoms with Gasteiger partial charge in [0.15, 0.2) is 0 Å². The fourth-order valence-corrected chi connectivity index (χ4v) is 1.11. The van der Waals surface area contributed by atoms with Gasteiger partial charge in [-0.15, -0.1) is 0 Å². The third kappa shape index (κ3) is 4.18. The van der Waals surface area contributed by atoms with E-state index in [0.717, 1.165) is 6.42 Å². The van der Waals surface area contributed by atoms with Gasteiger partial charge in [0, 0.05) is 18.8 Å². The molecular formula is C11H14N2O3. The van der Waals surface area contributed by atoms with Crippen molar-refractivity contribution in [3.8, 4) is 0 Å². The van der Waals surface area contributed by atoms with Crippen molar-refractivity contribution < 1.29 is 14.3 Å². The number of hydrogen-bond acceptors (Lipinski definition) is 5. The smallest absolute Gasteiger partial charge is 0.347 e. The molecule has 0 radical (unpaired) electrons. The lowest BCUT2D eigenvalue weighted by Crippen LogP contribution is -2.13. The van der Waals surface area contributed by atoms with Gasteiger partial charge in [-0.05, 0) is 31.5 Å². The van der Waals surface area contributed by atoms with Crippen molar-refractivity contribution in [2.45, 2.75) is 19.3 Å². The van der Waals surface area contributed by atoms with Crippen molar-refractivity contribution in [1.82, 2.24) is 4.98 Å². The van der Waals surface area contributed by atoms with Crippen molar-refractivity contribution in [1.29, 1.82) is 0 Å². The summed E-state index contributed by atoms with van der Waals surface area (Å²) < 4.78 is 4.62. The third-order valence-corrected chi connectivity index (χ3v) is 1.94. The first-order valence-electron chi connectivity index (χ1n) is 5.09. The average molecular weight is 222 g/mol. The van der Waals surface area contributed by atoms with Gasteiger partial charge in [0.25, 0.3) is 0 Å². The summed E-state index contributed by atoms with van der Waals surface area (Å²) in [5.41, 5.74) is 5.55. The topological polar surface area (TPSA) is 82.3 Å². The van der Waals surface area contributed by atoms with Crippen molar-refractivity contribution >= 4 is 11.9 Å². The lowest BCUT2D eigenvalue weighted by atomic mass is 10.2. The minimum Gasteiger partial charge on any atom is -0.389 e. The van der Waals surface area contributed by atoms with Crippen LogP contribution in [0.5, 0.6) is 0 Å². The Bertz CT molecular complexity index is 352. The molecule has 1 aromatic rings. The van der Waals surface area contributed by atoms with E-state index in [-0.39, 0.29) is 12.0 Å². The van der Waals surface area contributed by atoms with Crippen LogP contribution in [0.4, 0.5) is 0 Å². The Balaban J connectivity index is 2.37. The molecule has 5 heteroatoms. The number of unbranched alkanes of at least 4 members (excludes halogenated alkanes) is 1. The van der Waals surface area contributed by atoms with Crippen LogP contribution in [0.3, 0.4) is 0 Å². The Morgan fingerprint density at radius 2 is 2.19 bits per heavy atom. The maximum atomic E-state index is 11.4. The van der Waals surface area contributed by atoms with Crippen LogP contribution in [0.25, 0.3) is 0 Å². The van der Waals surface area contributed by atoms with Crippen LogP contribution in [-0.2, 0) is 9.53 Å². The van der Waals surface area contributed by atoms with Gasteiger partial charge in [-0.2, -0.15) is 0 Å². The molecule has 0 saturated carbocycles. The highest BCUT2D eigenvalue weighted by molar-refractivity contribution is 5.96. The molecule has 0 spiro atoms. The first-order valence-corrected chi connectivity index (χ1v) is 5.09. The summed E-state index contributed by atoms with van der Waals surface area (Å²) in [6, 6.07) is 3.15. The molecule has 16 heavy (non-hydrogen) atoms. The number of pyridine rings is 1. The second-order valence-electron chi connectivity index (χ2n) is 3.25.